The molecule has 3 rings (SSSR count). The number of imidazole rings is 1. The van der Waals surface area contributed by atoms with Crippen molar-refractivity contribution in [2.45, 2.75) is 13.8 Å². The molecular weight excluding hydrogens is 216 g/mol. The number of nitrogens with one attached hydrogen (secondary N) is 2. The number of fused-ring (bicyclic) bond motifs is 1. The number of aromatic nitrogens is 4. The number of rotatable bonds is 1. The van der Waals surface area contributed by atoms with Gasteiger partial charge in [-0.1, -0.05) is 6.07 Å². The highest BCUT2D eigenvalue weighted by Gasteiger charge is 2.07. The summed E-state index contributed by atoms with van der Waals surface area (Å²) >= 11 is 0. The average Bonchev–Trinajstić information content (AvgIpc) is 2.80. The molecule has 0 spiro atoms. The van der Waals surface area contributed by atoms with Crippen LogP contribution in [0.4, 0.5) is 0 Å². The number of hydrogen-bond acceptors (Lipinski definition) is 2. The van der Waals surface area contributed by atoms with Gasteiger partial charge in [-0.3, -0.25) is 9.89 Å². The van der Waals surface area contributed by atoms with Gasteiger partial charge in [-0.25, -0.2) is 4.98 Å². The van der Waals surface area contributed by atoms with Crippen molar-refractivity contribution in [1.29, 1.82) is 0 Å². The largest absolute Gasteiger partial charge is 0.322 e. The average molecular weight is 228 g/mol. The molecular formula is C12H12N4O. The molecule has 5 heteroatoms. The molecule has 0 saturated carbocycles. The third-order valence-corrected chi connectivity index (χ3v) is 2.69. The fourth-order valence-electron chi connectivity index (χ4n) is 1.89. The Kier molecular flexibility index (Phi) is 1.95. The minimum atomic E-state index is -0.113. The Labute approximate surface area is 97.1 Å². The van der Waals surface area contributed by atoms with Crippen molar-refractivity contribution in [2.24, 2.45) is 0 Å². The van der Waals surface area contributed by atoms with E-state index in [1.54, 1.807) is 6.07 Å². The molecule has 0 bridgehead atoms. The standard InChI is InChI=1S/C12H12N4O/c1-7-3-4-9-10(5-7)14-12(13-9)16-11(17)6-8(2)15-16/h3-6,15H,1-2H3,(H,13,14). The van der Waals surface area contributed by atoms with Crippen molar-refractivity contribution in [3.63, 3.8) is 0 Å². The molecule has 0 aliphatic rings. The molecule has 17 heavy (non-hydrogen) atoms. The molecule has 2 aromatic heterocycles. The van der Waals surface area contributed by atoms with Gasteiger partial charge in [0.15, 0.2) is 0 Å². The molecule has 0 amide bonds. The van der Waals surface area contributed by atoms with Gasteiger partial charge in [0.05, 0.1) is 11.0 Å². The monoisotopic (exact) mass is 228 g/mol. The van der Waals surface area contributed by atoms with Crippen molar-refractivity contribution < 1.29 is 0 Å². The van der Waals surface area contributed by atoms with Crippen LogP contribution in [0.5, 0.6) is 0 Å². The maximum Gasteiger partial charge on any atom is 0.274 e. The highest BCUT2D eigenvalue weighted by molar-refractivity contribution is 5.76. The molecule has 1 aromatic carbocycles. The van der Waals surface area contributed by atoms with E-state index >= 15 is 0 Å². The summed E-state index contributed by atoms with van der Waals surface area (Å²) in [5, 5.41) is 2.95. The Morgan fingerprint density at radius 2 is 2.06 bits per heavy atom. The topological polar surface area (TPSA) is 66.5 Å². The Morgan fingerprint density at radius 3 is 2.76 bits per heavy atom. The lowest BCUT2D eigenvalue weighted by molar-refractivity contribution is 0.791. The van der Waals surface area contributed by atoms with Crippen LogP contribution in [0.15, 0.2) is 29.1 Å². The number of nitrogens with zero attached hydrogens (tertiary/aromatic N) is 2. The number of benzene rings is 1. The predicted molar refractivity (Wildman–Crippen MR) is 65.5 cm³/mol. The van der Waals surface area contributed by atoms with Crippen LogP contribution < -0.4 is 5.56 Å². The summed E-state index contributed by atoms with van der Waals surface area (Å²) in [5.74, 6) is 0.517. The lowest BCUT2D eigenvalue weighted by atomic mass is 10.2. The molecule has 0 unspecified atom stereocenters. The summed E-state index contributed by atoms with van der Waals surface area (Å²) in [7, 11) is 0. The lowest BCUT2D eigenvalue weighted by Crippen LogP contribution is -2.14. The molecule has 2 N–H and O–H groups in total. The first-order valence-corrected chi connectivity index (χ1v) is 5.39. The summed E-state index contributed by atoms with van der Waals surface area (Å²) in [6.45, 7) is 3.86. The highest BCUT2D eigenvalue weighted by Crippen LogP contribution is 2.14. The van der Waals surface area contributed by atoms with Gasteiger partial charge < -0.3 is 4.98 Å². The molecule has 0 saturated heterocycles. The fraction of sp³-hybridized carbons (Fsp3) is 0.167. The van der Waals surface area contributed by atoms with Crippen LogP contribution in [-0.2, 0) is 0 Å². The van der Waals surface area contributed by atoms with Crippen LogP contribution in [0.2, 0.25) is 0 Å². The first-order valence-electron chi connectivity index (χ1n) is 5.39. The molecule has 0 fully saturated rings. The van der Waals surface area contributed by atoms with E-state index in [0.717, 1.165) is 22.3 Å². The predicted octanol–water partition coefficient (Wildman–Crippen LogP) is 1.66. The van der Waals surface area contributed by atoms with Gasteiger partial charge in [0.2, 0.25) is 5.95 Å². The van der Waals surface area contributed by atoms with Gasteiger partial charge >= 0.3 is 0 Å². The van der Waals surface area contributed by atoms with Crippen LogP contribution in [0, 0.1) is 13.8 Å². The second-order valence-corrected chi connectivity index (χ2v) is 4.19. The Bertz CT molecular complexity index is 747. The van der Waals surface area contributed by atoms with E-state index < -0.39 is 0 Å². The van der Waals surface area contributed by atoms with Gasteiger partial charge in [-0.05, 0) is 31.5 Å². The first kappa shape index (κ1) is 9.89. The van der Waals surface area contributed by atoms with Crippen LogP contribution in [-0.4, -0.2) is 19.7 Å². The molecule has 0 atom stereocenters. The summed E-state index contributed by atoms with van der Waals surface area (Å²) in [6, 6.07) is 7.48. The number of H-pyrrole nitrogens is 2. The summed E-state index contributed by atoms with van der Waals surface area (Å²) < 4.78 is 1.41. The van der Waals surface area contributed by atoms with Gasteiger partial charge in [0.1, 0.15) is 0 Å². The molecule has 0 aliphatic carbocycles. The first-order chi connectivity index (χ1) is 8.13. The summed E-state index contributed by atoms with van der Waals surface area (Å²) in [6.07, 6.45) is 0. The van der Waals surface area contributed by atoms with Crippen molar-refractivity contribution in [2.75, 3.05) is 0 Å². The van der Waals surface area contributed by atoms with Crippen molar-refractivity contribution in [3.05, 3.63) is 45.9 Å². The zero-order valence-corrected chi connectivity index (χ0v) is 9.61. The number of aromatic amines is 2. The van der Waals surface area contributed by atoms with Crippen LogP contribution >= 0.6 is 0 Å². The number of aryl methyl sites for hydroxylation is 2. The van der Waals surface area contributed by atoms with E-state index in [1.807, 2.05) is 32.0 Å². The second-order valence-electron chi connectivity index (χ2n) is 4.19. The third kappa shape index (κ3) is 1.56. The summed E-state index contributed by atoms with van der Waals surface area (Å²) in [4.78, 5) is 19.2. The van der Waals surface area contributed by atoms with Crippen molar-refractivity contribution in [1.82, 2.24) is 19.7 Å². The molecule has 0 aliphatic heterocycles. The number of hydrogen-bond donors (Lipinski definition) is 2. The SMILES string of the molecule is Cc1ccc2nc(-n3[nH]c(C)cc3=O)[nH]c2c1. The zero-order chi connectivity index (χ0) is 12.0. The Balaban J connectivity index is 2.25. The maximum absolute atomic E-state index is 11.7. The normalized spacial score (nSPS) is 11.2. The van der Waals surface area contributed by atoms with E-state index in [1.165, 1.54) is 4.68 Å². The van der Waals surface area contributed by atoms with E-state index in [-0.39, 0.29) is 5.56 Å². The quantitative estimate of drug-likeness (QED) is 0.665. The highest BCUT2D eigenvalue weighted by atomic mass is 16.1. The van der Waals surface area contributed by atoms with Gasteiger partial charge in [0.25, 0.3) is 5.56 Å². The Morgan fingerprint density at radius 1 is 1.24 bits per heavy atom. The fourth-order valence-corrected chi connectivity index (χ4v) is 1.89. The van der Waals surface area contributed by atoms with E-state index in [9.17, 15) is 4.79 Å². The second kappa shape index (κ2) is 3.35. The van der Waals surface area contributed by atoms with Crippen molar-refractivity contribution >= 4 is 11.0 Å². The third-order valence-electron chi connectivity index (χ3n) is 2.69. The molecule has 86 valence electrons. The Hall–Kier alpha value is -2.30. The summed E-state index contributed by atoms with van der Waals surface area (Å²) in [5.41, 5.74) is 3.64. The molecule has 5 nitrogen and oxygen atoms in total. The lowest BCUT2D eigenvalue weighted by Gasteiger charge is -1.93. The molecule has 3 aromatic rings. The minimum absolute atomic E-state index is 0.113. The van der Waals surface area contributed by atoms with Gasteiger partial charge in [0, 0.05) is 11.8 Å². The van der Waals surface area contributed by atoms with Gasteiger partial charge in [-0.15, -0.1) is 0 Å². The molecule has 0 radical (unpaired) electrons. The van der Waals surface area contributed by atoms with Crippen molar-refractivity contribution in [3.8, 4) is 5.95 Å². The minimum Gasteiger partial charge on any atom is -0.322 e. The van der Waals surface area contributed by atoms with E-state index in [0.29, 0.717) is 5.95 Å². The van der Waals surface area contributed by atoms with Crippen LogP contribution in [0.1, 0.15) is 11.3 Å². The molecule has 2 heterocycles. The maximum atomic E-state index is 11.7. The van der Waals surface area contributed by atoms with E-state index in [4.69, 9.17) is 0 Å². The van der Waals surface area contributed by atoms with Gasteiger partial charge in [-0.2, -0.15) is 4.68 Å². The van der Waals surface area contributed by atoms with Crippen LogP contribution in [0.25, 0.3) is 17.0 Å². The van der Waals surface area contributed by atoms with Crippen LogP contribution in [0.3, 0.4) is 0 Å². The van der Waals surface area contributed by atoms with E-state index in [2.05, 4.69) is 15.1 Å². The zero-order valence-electron chi connectivity index (χ0n) is 9.61. The smallest absolute Gasteiger partial charge is 0.274 e.